The van der Waals surface area contributed by atoms with Crippen LogP contribution in [0.25, 0.3) is 0 Å². The largest absolute Gasteiger partial charge is 0.497 e. The average Bonchev–Trinajstić information content (AvgIpc) is 2.78. The molecule has 174 valence electrons. The van der Waals surface area contributed by atoms with E-state index in [1.165, 1.54) is 6.92 Å². The average molecular weight is 441 g/mol. The van der Waals surface area contributed by atoms with E-state index in [1.807, 2.05) is 32.2 Å². The fourth-order valence-electron chi connectivity index (χ4n) is 3.96. The summed E-state index contributed by atoms with van der Waals surface area (Å²) in [5, 5.41) is 3.34. The Morgan fingerprint density at radius 1 is 1.25 bits per heavy atom. The summed E-state index contributed by atoms with van der Waals surface area (Å²) in [6, 6.07) is 6.16. The van der Waals surface area contributed by atoms with Crippen molar-refractivity contribution in [1.29, 1.82) is 0 Å². The molecule has 32 heavy (non-hydrogen) atoms. The summed E-state index contributed by atoms with van der Waals surface area (Å²) in [7, 11) is 7.92. The highest BCUT2D eigenvalue weighted by molar-refractivity contribution is 5.99. The Kier molecular flexibility index (Phi) is 8.04. The van der Waals surface area contributed by atoms with Crippen LogP contribution in [0.15, 0.2) is 24.4 Å². The standard InChI is InChI=1S/C24H36N6O2/c1-17-15-20(32-6)7-8-22(17)26-23-21(18(2)31)16-25-24(27-23)29(5)19-9-11-30(12-10-19)14-13-28(3)4/h7-8,15-16,19H,9-14H2,1-6H3,(H,25,26,27). The Bertz CT molecular complexity index is 925. The first-order valence-corrected chi connectivity index (χ1v) is 11.2. The van der Waals surface area contributed by atoms with E-state index in [0.29, 0.717) is 23.4 Å². The summed E-state index contributed by atoms with van der Waals surface area (Å²) in [6.07, 6.45) is 3.78. The van der Waals surface area contributed by atoms with Gasteiger partial charge in [-0.3, -0.25) is 4.79 Å². The first-order chi connectivity index (χ1) is 15.3. The zero-order valence-corrected chi connectivity index (χ0v) is 20.2. The van der Waals surface area contributed by atoms with Crippen molar-refractivity contribution in [1.82, 2.24) is 19.8 Å². The normalized spacial score (nSPS) is 15.1. The molecule has 1 N–H and O–H groups in total. The number of benzene rings is 1. The number of hydrogen-bond acceptors (Lipinski definition) is 8. The van der Waals surface area contributed by atoms with Gasteiger partial charge in [-0.2, -0.15) is 4.98 Å². The molecule has 0 atom stereocenters. The molecule has 0 amide bonds. The first-order valence-electron chi connectivity index (χ1n) is 11.2. The number of methoxy groups -OCH3 is 1. The summed E-state index contributed by atoms with van der Waals surface area (Å²) in [5.74, 6) is 1.89. The Hall–Kier alpha value is -2.71. The fraction of sp³-hybridized carbons (Fsp3) is 0.542. The molecule has 0 saturated carbocycles. The minimum atomic E-state index is -0.0675. The van der Waals surface area contributed by atoms with E-state index in [2.05, 4.69) is 39.1 Å². The van der Waals surface area contributed by atoms with Gasteiger partial charge in [0.2, 0.25) is 5.95 Å². The van der Waals surface area contributed by atoms with E-state index in [-0.39, 0.29) is 5.78 Å². The van der Waals surface area contributed by atoms with Gasteiger partial charge in [-0.1, -0.05) is 0 Å². The van der Waals surface area contributed by atoms with Gasteiger partial charge in [0.1, 0.15) is 11.6 Å². The van der Waals surface area contributed by atoms with Crippen LogP contribution >= 0.6 is 0 Å². The number of aromatic nitrogens is 2. The van der Waals surface area contributed by atoms with Crippen LogP contribution in [0.4, 0.5) is 17.5 Å². The highest BCUT2D eigenvalue weighted by atomic mass is 16.5. The first kappa shape index (κ1) is 23.9. The number of carbonyl (C=O) groups excluding carboxylic acids is 1. The second-order valence-electron chi connectivity index (χ2n) is 8.78. The van der Waals surface area contributed by atoms with Crippen molar-refractivity contribution in [2.45, 2.75) is 32.7 Å². The Balaban J connectivity index is 1.75. The van der Waals surface area contributed by atoms with Crippen molar-refractivity contribution >= 4 is 23.2 Å². The maximum atomic E-state index is 12.2. The molecular formula is C24H36N6O2. The number of hydrogen-bond donors (Lipinski definition) is 1. The highest BCUT2D eigenvalue weighted by Crippen LogP contribution is 2.27. The van der Waals surface area contributed by atoms with Crippen LogP contribution in [0, 0.1) is 6.92 Å². The lowest BCUT2D eigenvalue weighted by atomic mass is 10.0. The second-order valence-corrected chi connectivity index (χ2v) is 8.78. The third kappa shape index (κ3) is 5.95. The molecule has 8 heteroatoms. The van der Waals surface area contributed by atoms with Gasteiger partial charge in [0.15, 0.2) is 5.78 Å². The van der Waals surface area contributed by atoms with Crippen LogP contribution in [0.2, 0.25) is 0 Å². The molecule has 1 aromatic carbocycles. The lowest BCUT2D eigenvalue weighted by Crippen LogP contribution is -2.45. The molecule has 3 rings (SSSR count). The third-order valence-corrected chi connectivity index (χ3v) is 6.13. The minimum Gasteiger partial charge on any atom is -0.497 e. The zero-order chi connectivity index (χ0) is 23.3. The van der Waals surface area contributed by atoms with Crippen molar-refractivity contribution in [2.24, 2.45) is 0 Å². The summed E-state index contributed by atoms with van der Waals surface area (Å²) in [5.41, 5.74) is 2.38. The lowest BCUT2D eigenvalue weighted by Gasteiger charge is -2.37. The topological polar surface area (TPSA) is 73.8 Å². The number of carbonyl (C=O) groups is 1. The van der Waals surface area contributed by atoms with Crippen LogP contribution in [0.5, 0.6) is 5.75 Å². The summed E-state index contributed by atoms with van der Waals surface area (Å²) >= 11 is 0. The van der Waals surface area contributed by atoms with Crippen LogP contribution in [-0.4, -0.2) is 86.0 Å². The maximum absolute atomic E-state index is 12.2. The molecule has 0 aliphatic carbocycles. The van der Waals surface area contributed by atoms with Crippen LogP contribution < -0.4 is 15.0 Å². The molecule has 2 aromatic rings. The maximum Gasteiger partial charge on any atom is 0.227 e. The molecule has 2 heterocycles. The number of likely N-dealkylation sites (tertiary alicyclic amines) is 1. The molecule has 0 unspecified atom stereocenters. The van der Waals surface area contributed by atoms with Crippen molar-refractivity contribution in [3.8, 4) is 5.75 Å². The molecule has 0 radical (unpaired) electrons. The molecule has 8 nitrogen and oxygen atoms in total. The molecule has 0 bridgehead atoms. The van der Waals surface area contributed by atoms with E-state index >= 15 is 0 Å². The van der Waals surface area contributed by atoms with E-state index in [1.54, 1.807) is 13.3 Å². The molecule has 1 saturated heterocycles. The Morgan fingerprint density at radius 2 is 1.97 bits per heavy atom. The predicted octanol–water partition coefficient (Wildman–Crippen LogP) is 3.20. The monoisotopic (exact) mass is 440 g/mol. The van der Waals surface area contributed by atoms with Crippen molar-refractivity contribution in [2.75, 3.05) is 64.6 Å². The van der Waals surface area contributed by atoms with Crippen LogP contribution in [0.1, 0.15) is 35.7 Å². The molecule has 1 aromatic heterocycles. The number of aryl methyl sites for hydroxylation is 1. The summed E-state index contributed by atoms with van der Waals surface area (Å²) in [4.78, 5) is 28.4. The Morgan fingerprint density at radius 3 is 2.56 bits per heavy atom. The van der Waals surface area contributed by atoms with E-state index in [0.717, 1.165) is 56.0 Å². The Labute approximate surface area is 191 Å². The van der Waals surface area contributed by atoms with Gasteiger partial charge in [-0.15, -0.1) is 0 Å². The minimum absolute atomic E-state index is 0.0675. The van der Waals surface area contributed by atoms with Gasteiger partial charge >= 0.3 is 0 Å². The second kappa shape index (κ2) is 10.7. The van der Waals surface area contributed by atoms with Crippen LogP contribution in [-0.2, 0) is 0 Å². The lowest BCUT2D eigenvalue weighted by molar-refractivity contribution is 0.101. The fourth-order valence-corrected chi connectivity index (χ4v) is 3.96. The number of rotatable bonds is 9. The molecule has 1 aliphatic heterocycles. The number of Topliss-reactive ketones (excluding diaryl/α,β-unsaturated/α-hetero) is 1. The number of likely N-dealkylation sites (N-methyl/N-ethyl adjacent to an activating group) is 1. The number of piperidine rings is 1. The number of ketones is 1. The predicted molar refractivity (Wildman–Crippen MR) is 129 cm³/mol. The summed E-state index contributed by atoms with van der Waals surface area (Å²) in [6.45, 7) is 7.86. The van der Waals surface area contributed by atoms with Gasteiger partial charge < -0.3 is 24.8 Å². The smallest absolute Gasteiger partial charge is 0.227 e. The molecule has 1 fully saturated rings. The SMILES string of the molecule is COc1ccc(Nc2nc(N(C)C3CCN(CCN(C)C)CC3)ncc2C(C)=O)c(C)c1. The number of ether oxygens (including phenoxy) is 1. The molecular weight excluding hydrogens is 404 g/mol. The van der Waals surface area contributed by atoms with Crippen molar-refractivity contribution in [3.63, 3.8) is 0 Å². The number of anilines is 3. The van der Waals surface area contributed by atoms with E-state index < -0.39 is 0 Å². The van der Waals surface area contributed by atoms with Gasteiger partial charge in [0.25, 0.3) is 0 Å². The van der Waals surface area contributed by atoms with Crippen LogP contribution in [0.3, 0.4) is 0 Å². The molecule has 1 aliphatic rings. The quantitative estimate of drug-likeness (QED) is 0.596. The van der Waals surface area contributed by atoms with E-state index in [9.17, 15) is 4.79 Å². The van der Waals surface area contributed by atoms with Gasteiger partial charge in [0, 0.05) is 51.2 Å². The van der Waals surface area contributed by atoms with Crippen molar-refractivity contribution in [3.05, 3.63) is 35.5 Å². The third-order valence-electron chi connectivity index (χ3n) is 6.13. The van der Waals surface area contributed by atoms with Gasteiger partial charge in [-0.25, -0.2) is 4.98 Å². The van der Waals surface area contributed by atoms with Gasteiger partial charge in [0.05, 0.1) is 12.7 Å². The number of nitrogens with one attached hydrogen (secondary N) is 1. The van der Waals surface area contributed by atoms with Gasteiger partial charge in [-0.05, 0) is 64.5 Å². The number of nitrogens with zero attached hydrogens (tertiary/aromatic N) is 5. The van der Waals surface area contributed by atoms with Crippen molar-refractivity contribution < 1.29 is 9.53 Å². The molecule has 0 spiro atoms. The highest BCUT2D eigenvalue weighted by Gasteiger charge is 2.25. The summed E-state index contributed by atoms with van der Waals surface area (Å²) < 4.78 is 5.29. The van der Waals surface area contributed by atoms with E-state index in [4.69, 9.17) is 9.72 Å². The zero-order valence-electron chi connectivity index (χ0n) is 20.2.